The van der Waals surface area contributed by atoms with Crippen LogP contribution in [0.5, 0.6) is 34.5 Å². The Labute approximate surface area is 196 Å². The molecule has 0 unspecified atom stereocenters. The number of esters is 1. The van der Waals surface area contributed by atoms with E-state index < -0.39 is 5.97 Å². The lowest BCUT2D eigenvalue weighted by atomic mass is 10.1. The molecule has 0 aromatic heterocycles. The number of para-hydroxylation sites is 1. The molecule has 3 aromatic carbocycles. The summed E-state index contributed by atoms with van der Waals surface area (Å²) in [5.41, 5.74) is 1.27. The van der Waals surface area contributed by atoms with Crippen LogP contribution in [0.4, 0.5) is 0 Å². The summed E-state index contributed by atoms with van der Waals surface area (Å²) in [4.78, 5) is 25.6. The molecule has 1 aliphatic rings. The van der Waals surface area contributed by atoms with Gasteiger partial charge in [-0.05, 0) is 36.4 Å². The van der Waals surface area contributed by atoms with Crippen LogP contribution in [0.25, 0.3) is 6.08 Å². The molecule has 0 N–H and O–H groups in total. The highest BCUT2D eigenvalue weighted by atomic mass is 16.5. The number of hydrogen-bond acceptors (Lipinski definition) is 8. The van der Waals surface area contributed by atoms with E-state index in [0.29, 0.717) is 39.9 Å². The fourth-order valence-corrected chi connectivity index (χ4v) is 3.52. The summed E-state index contributed by atoms with van der Waals surface area (Å²) < 4.78 is 32.4. The van der Waals surface area contributed by atoms with Gasteiger partial charge >= 0.3 is 5.97 Å². The van der Waals surface area contributed by atoms with Gasteiger partial charge in [-0.2, -0.15) is 0 Å². The van der Waals surface area contributed by atoms with E-state index in [9.17, 15) is 9.59 Å². The van der Waals surface area contributed by atoms with Crippen molar-refractivity contribution in [2.75, 3.05) is 28.4 Å². The number of ether oxygens (including phenoxy) is 6. The lowest BCUT2D eigenvalue weighted by Gasteiger charge is -2.13. The van der Waals surface area contributed by atoms with Crippen LogP contribution in [-0.4, -0.2) is 40.2 Å². The first-order chi connectivity index (χ1) is 16.5. The zero-order valence-corrected chi connectivity index (χ0v) is 19.0. The predicted octanol–water partition coefficient (Wildman–Crippen LogP) is 4.56. The summed E-state index contributed by atoms with van der Waals surface area (Å²) in [6.45, 7) is 0. The summed E-state index contributed by atoms with van der Waals surface area (Å²) >= 11 is 0. The first kappa shape index (κ1) is 22.7. The third-order valence-corrected chi connectivity index (χ3v) is 5.18. The van der Waals surface area contributed by atoms with Gasteiger partial charge in [-0.25, -0.2) is 4.79 Å². The molecule has 0 saturated carbocycles. The van der Waals surface area contributed by atoms with Gasteiger partial charge in [0.15, 0.2) is 17.3 Å². The Kier molecular flexibility index (Phi) is 6.40. The maximum absolute atomic E-state index is 12.8. The Morgan fingerprint density at radius 2 is 1.50 bits per heavy atom. The van der Waals surface area contributed by atoms with E-state index in [-0.39, 0.29) is 22.9 Å². The van der Waals surface area contributed by atoms with E-state index in [1.54, 1.807) is 25.3 Å². The standard InChI is InChI=1S/C26H22O8/c1-29-19-8-6-5-7-15(19)11-21-24(27)18-10-9-17(14-20(18)34-21)33-26(28)16-12-22(30-2)25(32-4)23(13-16)31-3/h5-14H,1-4H3. The van der Waals surface area contributed by atoms with Gasteiger partial charge in [-0.3, -0.25) is 4.79 Å². The third-order valence-electron chi connectivity index (χ3n) is 5.18. The monoisotopic (exact) mass is 462 g/mol. The first-order valence-corrected chi connectivity index (χ1v) is 10.2. The van der Waals surface area contributed by atoms with Gasteiger partial charge in [-0.1, -0.05) is 18.2 Å². The molecule has 0 spiro atoms. The van der Waals surface area contributed by atoms with E-state index in [4.69, 9.17) is 28.4 Å². The Hall–Kier alpha value is -4.46. The van der Waals surface area contributed by atoms with Gasteiger partial charge in [0.05, 0.1) is 39.6 Å². The van der Waals surface area contributed by atoms with Crippen molar-refractivity contribution in [2.24, 2.45) is 0 Å². The molecular weight excluding hydrogens is 440 g/mol. The van der Waals surface area contributed by atoms with Gasteiger partial charge < -0.3 is 28.4 Å². The van der Waals surface area contributed by atoms with Gasteiger partial charge in [0.25, 0.3) is 0 Å². The molecule has 0 atom stereocenters. The summed E-state index contributed by atoms with van der Waals surface area (Å²) in [7, 11) is 5.94. The van der Waals surface area contributed by atoms with Crippen molar-refractivity contribution in [1.82, 2.24) is 0 Å². The molecule has 0 aliphatic carbocycles. The van der Waals surface area contributed by atoms with Crippen molar-refractivity contribution < 1.29 is 38.0 Å². The fourth-order valence-electron chi connectivity index (χ4n) is 3.52. The van der Waals surface area contributed by atoms with Gasteiger partial charge in [-0.15, -0.1) is 0 Å². The highest BCUT2D eigenvalue weighted by Gasteiger charge is 2.28. The number of hydrogen-bond donors (Lipinski definition) is 0. The van der Waals surface area contributed by atoms with Gasteiger partial charge in [0.2, 0.25) is 11.5 Å². The molecule has 4 rings (SSSR count). The van der Waals surface area contributed by atoms with Crippen molar-refractivity contribution in [2.45, 2.75) is 0 Å². The van der Waals surface area contributed by atoms with E-state index >= 15 is 0 Å². The molecule has 0 bridgehead atoms. The second-order valence-corrected chi connectivity index (χ2v) is 7.14. The van der Waals surface area contributed by atoms with Crippen LogP contribution in [0.1, 0.15) is 26.3 Å². The highest BCUT2D eigenvalue weighted by Crippen LogP contribution is 2.39. The number of allylic oxidation sites excluding steroid dienone is 1. The summed E-state index contributed by atoms with van der Waals surface area (Å²) in [6, 6.07) is 14.8. The number of methoxy groups -OCH3 is 4. The molecule has 0 fully saturated rings. The molecule has 1 heterocycles. The molecule has 174 valence electrons. The average molecular weight is 462 g/mol. The SMILES string of the molecule is COc1ccccc1C=C1Oc2cc(OC(=O)c3cc(OC)c(OC)c(OC)c3)ccc2C1=O. The summed E-state index contributed by atoms with van der Waals surface area (Å²) in [5, 5.41) is 0. The number of ketones is 1. The quantitative estimate of drug-likeness (QED) is 0.287. The topological polar surface area (TPSA) is 89.5 Å². The van der Waals surface area contributed by atoms with Gasteiger partial charge in [0.1, 0.15) is 17.2 Å². The molecule has 8 nitrogen and oxygen atoms in total. The molecule has 0 saturated heterocycles. The number of carbonyl (C=O) groups excluding carboxylic acids is 2. The van der Waals surface area contributed by atoms with Gasteiger partial charge in [0, 0.05) is 11.6 Å². The fraction of sp³-hybridized carbons (Fsp3) is 0.154. The van der Waals surface area contributed by atoms with E-state index in [0.717, 1.165) is 0 Å². The van der Waals surface area contributed by atoms with Crippen molar-refractivity contribution in [3.05, 3.63) is 77.0 Å². The predicted molar refractivity (Wildman–Crippen MR) is 123 cm³/mol. The number of fused-ring (bicyclic) bond motifs is 1. The Morgan fingerprint density at radius 3 is 2.15 bits per heavy atom. The first-order valence-electron chi connectivity index (χ1n) is 10.2. The number of benzene rings is 3. The molecule has 8 heteroatoms. The van der Waals surface area contributed by atoms with Crippen LogP contribution in [0, 0.1) is 0 Å². The lowest BCUT2D eigenvalue weighted by Crippen LogP contribution is -2.09. The molecular formula is C26H22O8. The van der Waals surface area contributed by atoms with Crippen LogP contribution < -0.4 is 28.4 Å². The van der Waals surface area contributed by atoms with Crippen molar-refractivity contribution in [3.63, 3.8) is 0 Å². The summed E-state index contributed by atoms with van der Waals surface area (Å²) in [6.07, 6.45) is 1.61. The molecule has 0 radical (unpaired) electrons. The molecule has 0 amide bonds. The van der Waals surface area contributed by atoms with E-state index in [2.05, 4.69) is 0 Å². The zero-order valence-electron chi connectivity index (χ0n) is 19.0. The van der Waals surface area contributed by atoms with Crippen molar-refractivity contribution in [1.29, 1.82) is 0 Å². The van der Waals surface area contributed by atoms with E-state index in [1.165, 1.54) is 45.6 Å². The number of rotatable bonds is 7. The maximum atomic E-state index is 12.8. The molecule has 1 aliphatic heterocycles. The van der Waals surface area contributed by atoms with Crippen LogP contribution in [-0.2, 0) is 0 Å². The van der Waals surface area contributed by atoms with E-state index in [1.807, 2.05) is 18.2 Å². The van der Waals surface area contributed by atoms with Crippen molar-refractivity contribution >= 4 is 17.8 Å². The molecule has 3 aromatic rings. The normalized spacial score (nSPS) is 13.2. The maximum Gasteiger partial charge on any atom is 0.343 e. The third kappa shape index (κ3) is 4.25. The average Bonchev–Trinajstić information content (AvgIpc) is 3.17. The Balaban J connectivity index is 1.58. The Morgan fingerprint density at radius 1 is 0.824 bits per heavy atom. The minimum absolute atomic E-state index is 0.146. The summed E-state index contributed by atoms with van der Waals surface area (Å²) in [5.74, 6) is 1.35. The Bertz CT molecular complexity index is 1270. The minimum Gasteiger partial charge on any atom is -0.496 e. The van der Waals surface area contributed by atoms with Crippen LogP contribution in [0.15, 0.2) is 60.4 Å². The van der Waals surface area contributed by atoms with Crippen LogP contribution in [0.3, 0.4) is 0 Å². The molecule has 34 heavy (non-hydrogen) atoms. The zero-order chi connectivity index (χ0) is 24.2. The second-order valence-electron chi connectivity index (χ2n) is 7.14. The highest BCUT2D eigenvalue weighted by molar-refractivity contribution is 6.14. The number of Topliss-reactive ketones (excluding diaryl/α,β-unsaturated/α-hetero) is 1. The lowest BCUT2D eigenvalue weighted by molar-refractivity contribution is 0.0733. The van der Waals surface area contributed by atoms with Crippen molar-refractivity contribution in [3.8, 4) is 34.5 Å². The minimum atomic E-state index is -0.645. The van der Waals surface area contributed by atoms with Crippen LogP contribution in [0.2, 0.25) is 0 Å². The smallest absolute Gasteiger partial charge is 0.343 e. The van der Waals surface area contributed by atoms with Crippen LogP contribution >= 0.6 is 0 Å². The second kappa shape index (κ2) is 9.58. The number of carbonyl (C=O) groups is 2. The largest absolute Gasteiger partial charge is 0.496 e.